The Kier molecular flexibility index (Phi) is 3.19. The number of hydrogen-bond donors (Lipinski definition) is 2. The van der Waals surface area contributed by atoms with Gasteiger partial charge in [-0.25, -0.2) is 4.98 Å². The molecule has 5 nitrogen and oxygen atoms in total. The Morgan fingerprint density at radius 2 is 2.41 bits per heavy atom. The molecule has 2 aromatic heterocycles. The molecule has 0 spiro atoms. The summed E-state index contributed by atoms with van der Waals surface area (Å²) in [6.07, 6.45) is 1.59. The van der Waals surface area contributed by atoms with Gasteiger partial charge in [-0.2, -0.15) is 0 Å². The van der Waals surface area contributed by atoms with Crippen LogP contribution in [0.1, 0.15) is 17.4 Å². The van der Waals surface area contributed by atoms with Gasteiger partial charge in [0.1, 0.15) is 10.7 Å². The number of methoxy groups -OCH3 is 1. The molecule has 1 amide bonds. The number of ether oxygens (including phenoxy) is 1. The van der Waals surface area contributed by atoms with E-state index in [-0.39, 0.29) is 5.91 Å². The molecule has 17 heavy (non-hydrogen) atoms. The molecule has 0 saturated heterocycles. The summed E-state index contributed by atoms with van der Waals surface area (Å²) >= 11 is 6.10. The molecule has 0 fully saturated rings. The normalized spacial score (nSPS) is 10.5. The molecule has 0 bridgehead atoms. The SMILES string of the molecule is CCNC(=O)c1cc2c(Cl)c(OC)ncc2[nH]1. The van der Waals surface area contributed by atoms with Crippen molar-refractivity contribution in [1.29, 1.82) is 0 Å². The Hall–Kier alpha value is -1.75. The molecule has 0 unspecified atom stereocenters. The Morgan fingerprint density at radius 3 is 3.06 bits per heavy atom. The minimum absolute atomic E-state index is 0.168. The van der Waals surface area contributed by atoms with Crippen molar-refractivity contribution in [3.63, 3.8) is 0 Å². The van der Waals surface area contributed by atoms with Gasteiger partial charge in [0.05, 0.1) is 18.8 Å². The van der Waals surface area contributed by atoms with E-state index in [1.165, 1.54) is 7.11 Å². The van der Waals surface area contributed by atoms with Crippen molar-refractivity contribution in [2.75, 3.05) is 13.7 Å². The number of carbonyl (C=O) groups is 1. The lowest BCUT2D eigenvalue weighted by Gasteiger charge is -2.00. The predicted molar refractivity (Wildman–Crippen MR) is 65.7 cm³/mol. The van der Waals surface area contributed by atoms with Crippen molar-refractivity contribution >= 4 is 28.4 Å². The van der Waals surface area contributed by atoms with Gasteiger partial charge < -0.3 is 15.0 Å². The maximum absolute atomic E-state index is 11.6. The van der Waals surface area contributed by atoms with E-state index < -0.39 is 0 Å². The van der Waals surface area contributed by atoms with E-state index in [9.17, 15) is 4.79 Å². The van der Waals surface area contributed by atoms with Crippen molar-refractivity contribution in [3.8, 4) is 5.88 Å². The summed E-state index contributed by atoms with van der Waals surface area (Å²) in [4.78, 5) is 18.6. The number of carbonyl (C=O) groups excluding carboxylic acids is 1. The Balaban J connectivity index is 2.50. The van der Waals surface area contributed by atoms with Crippen LogP contribution in [0.25, 0.3) is 10.9 Å². The predicted octanol–water partition coefficient (Wildman–Crippen LogP) is 1.97. The molecule has 2 heterocycles. The Morgan fingerprint density at radius 1 is 1.65 bits per heavy atom. The summed E-state index contributed by atoms with van der Waals surface area (Å²) in [5.41, 5.74) is 1.16. The second-order valence-corrected chi connectivity index (χ2v) is 3.83. The second-order valence-electron chi connectivity index (χ2n) is 3.45. The first kappa shape index (κ1) is 11.7. The number of hydrogen-bond acceptors (Lipinski definition) is 3. The van der Waals surface area contributed by atoms with Crippen LogP contribution in [0.3, 0.4) is 0 Å². The van der Waals surface area contributed by atoms with Crippen molar-refractivity contribution in [3.05, 3.63) is 23.0 Å². The van der Waals surface area contributed by atoms with E-state index in [0.717, 1.165) is 5.39 Å². The third-order valence-electron chi connectivity index (χ3n) is 2.36. The number of fused-ring (bicyclic) bond motifs is 1. The smallest absolute Gasteiger partial charge is 0.267 e. The minimum Gasteiger partial charge on any atom is -0.480 e. The quantitative estimate of drug-likeness (QED) is 0.879. The van der Waals surface area contributed by atoms with Crippen LogP contribution in [0.15, 0.2) is 12.3 Å². The fourth-order valence-electron chi connectivity index (χ4n) is 1.57. The van der Waals surface area contributed by atoms with Crippen LogP contribution in [-0.4, -0.2) is 29.5 Å². The highest BCUT2D eigenvalue weighted by Crippen LogP contribution is 2.30. The van der Waals surface area contributed by atoms with Crippen molar-refractivity contribution in [1.82, 2.24) is 15.3 Å². The minimum atomic E-state index is -0.168. The lowest BCUT2D eigenvalue weighted by molar-refractivity contribution is 0.0951. The Labute approximate surface area is 103 Å². The maximum atomic E-state index is 11.6. The number of aromatic nitrogens is 2. The number of amides is 1. The molecule has 0 radical (unpaired) electrons. The van der Waals surface area contributed by atoms with Gasteiger partial charge in [0.2, 0.25) is 5.88 Å². The second kappa shape index (κ2) is 4.63. The number of halogens is 1. The van der Waals surface area contributed by atoms with E-state index in [0.29, 0.717) is 28.7 Å². The van der Waals surface area contributed by atoms with Gasteiger partial charge in [-0.05, 0) is 13.0 Å². The van der Waals surface area contributed by atoms with Crippen molar-refractivity contribution in [2.24, 2.45) is 0 Å². The first-order valence-electron chi connectivity index (χ1n) is 5.16. The standard InChI is InChI=1S/C11H12ClN3O2/c1-3-13-10(16)7-4-6-8(15-7)5-14-11(17-2)9(6)12/h4-5,15H,3H2,1-2H3,(H,13,16). The molecule has 0 aliphatic heterocycles. The first-order valence-corrected chi connectivity index (χ1v) is 5.54. The molecule has 2 aromatic rings. The lowest BCUT2D eigenvalue weighted by atomic mass is 10.3. The molecule has 0 aromatic carbocycles. The number of aromatic amines is 1. The van der Waals surface area contributed by atoms with Crippen LogP contribution in [-0.2, 0) is 0 Å². The van der Waals surface area contributed by atoms with Crippen LogP contribution < -0.4 is 10.1 Å². The van der Waals surface area contributed by atoms with Gasteiger partial charge in [0.25, 0.3) is 5.91 Å². The van der Waals surface area contributed by atoms with Gasteiger partial charge in [0.15, 0.2) is 0 Å². The highest BCUT2D eigenvalue weighted by molar-refractivity contribution is 6.36. The largest absolute Gasteiger partial charge is 0.480 e. The molecule has 0 aliphatic carbocycles. The van der Waals surface area contributed by atoms with E-state index in [1.54, 1.807) is 12.3 Å². The molecule has 0 saturated carbocycles. The molecule has 2 N–H and O–H groups in total. The Bertz CT molecular complexity index is 565. The summed E-state index contributed by atoms with van der Waals surface area (Å²) in [6.45, 7) is 2.43. The van der Waals surface area contributed by atoms with Gasteiger partial charge in [-0.3, -0.25) is 4.79 Å². The summed E-state index contributed by atoms with van der Waals surface area (Å²) in [5.74, 6) is 0.180. The topological polar surface area (TPSA) is 67.0 Å². The fourth-order valence-corrected chi connectivity index (χ4v) is 1.85. The average molecular weight is 254 g/mol. The summed E-state index contributed by atoms with van der Waals surface area (Å²) < 4.78 is 5.01. The number of H-pyrrole nitrogens is 1. The lowest BCUT2D eigenvalue weighted by Crippen LogP contribution is -2.22. The fraction of sp³-hybridized carbons (Fsp3) is 0.273. The number of pyridine rings is 1. The summed E-state index contributed by atoms with van der Waals surface area (Å²) in [5, 5.41) is 3.83. The monoisotopic (exact) mass is 253 g/mol. The maximum Gasteiger partial charge on any atom is 0.267 e. The van der Waals surface area contributed by atoms with Gasteiger partial charge in [0, 0.05) is 11.9 Å². The van der Waals surface area contributed by atoms with Gasteiger partial charge >= 0.3 is 0 Å². The molecular formula is C11H12ClN3O2. The zero-order chi connectivity index (χ0) is 12.4. The first-order chi connectivity index (χ1) is 8.17. The molecule has 6 heteroatoms. The van der Waals surface area contributed by atoms with E-state index in [2.05, 4.69) is 15.3 Å². The average Bonchev–Trinajstić information content (AvgIpc) is 2.75. The highest BCUT2D eigenvalue weighted by atomic mass is 35.5. The van der Waals surface area contributed by atoms with Crippen LogP contribution >= 0.6 is 11.6 Å². The van der Waals surface area contributed by atoms with E-state index >= 15 is 0 Å². The number of rotatable bonds is 3. The summed E-state index contributed by atoms with van der Waals surface area (Å²) in [6, 6.07) is 1.69. The highest BCUT2D eigenvalue weighted by Gasteiger charge is 2.13. The van der Waals surface area contributed by atoms with Crippen molar-refractivity contribution in [2.45, 2.75) is 6.92 Å². The molecule has 0 aliphatic rings. The number of nitrogens with zero attached hydrogens (tertiary/aromatic N) is 1. The zero-order valence-electron chi connectivity index (χ0n) is 9.50. The third-order valence-corrected chi connectivity index (χ3v) is 2.72. The van der Waals surface area contributed by atoms with Crippen LogP contribution in [0.4, 0.5) is 0 Å². The number of nitrogens with one attached hydrogen (secondary N) is 2. The molecule has 0 atom stereocenters. The van der Waals surface area contributed by atoms with Crippen LogP contribution in [0.5, 0.6) is 5.88 Å². The molecule has 90 valence electrons. The van der Waals surface area contributed by atoms with Crippen LogP contribution in [0, 0.1) is 0 Å². The van der Waals surface area contributed by atoms with Gasteiger partial charge in [-0.15, -0.1) is 0 Å². The molecular weight excluding hydrogens is 242 g/mol. The van der Waals surface area contributed by atoms with E-state index in [1.807, 2.05) is 6.92 Å². The molecule has 2 rings (SSSR count). The third kappa shape index (κ3) is 2.06. The van der Waals surface area contributed by atoms with Crippen LogP contribution in [0.2, 0.25) is 5.02 Å². The van der Waals surface area contributed by atoms with E-state index in [4.69, 9.17) is 16.3 Å². The van der Waals surface area contributed by atoms with Crippen molar-refractivity contribution < 1.29 is 9.53 Å². The summed E-state index contributed by atoms with van der Waals surface area (Å²) in [7, 11) is 1.50. The zero-order valence-corrected chi connectivity index (χ0v) is 10.3. The van der Waals surface area contributed by atoms with Gasteiger partial charge in [-0.1, -0.05) is 11.6 Å².